The second-order valence-electron chi connectivity index (χ2n) is 5.99. The molecule has 0 spiro atoms. The van der Waals surface area contributed by atoms with Crippen LogP contribution in [0.15, 0.2) is 23.6 Å². The molecule has 1 fully saturated rings. The zero-order valence-corrected chi connectivity index (χ0v) is 15.6. The number of hydrogen-bond acceptors (Lipinski definition) is 8. The molecule has 0 aromatic carbocycles. The fraction of sp³-hybridized carbons (Fsp3) is 0.529. The number of methoxy groups -OCH3 is 1. The van der Waals surface area contributed by atoms with Crippen LogP contribution in [-0.4, -0.2) is 53.0 Å². The SMILES string of the molecule is COc1ccnc(N2CCC(COc3nc(SC)ncc3C)CC2)n1. The molecule has 25 heavy (non-hydrogen) atoms. The van der Waals surface area contributed by atoms with Crippen LogP contribution < -0.4 is 14.4 Å². The van der Waals surface area contributed by atoms with Crippen molar-refractivity contribution in [1.29, 1.82) is 0 Å². The molecule has 7 nitrogen and oxygen atoms in total. The first-order chi connectivity index (χ1) is 12.2. The van der Waals surface area contributed by atoms with E-state index in [1.54, 1.807) is 19.4 Å². The second-order valence-corrected chi connectivity index (χ2v) is 6.76. The predicted molar refractivity (Wildman–Crippen MR) is 97.6 cm³/mol. The highest BCUT2D eigenvalue weighted by atomic mass is 32.2. The summed E-state index contributed by atoms with van der Waals surface area (Å²) in [5.74, 6) is 2.53. The maximum absolute atomic E-state index is 5.96. The first-order valence-corrected chi connectivity index (χ1v) is 9.54. The third-order valence-corrected chi connectivity index (χ3v) is 4.83. The molecule has 0 saturated carbocycles. The van der Waals surface area contributed by atoms with Gasteiger partial charge in [0.25, 0.3) is 0 Å². The topological polar surface area (TPSA) is 73.3 Å². The lowest BCUT2D eigenvalue weighted by atomic mass is 9.98. The minimum atomic E-state index is 0.508. The molecule has 3 rings (SSSR count). The lowest BCUT2D eigenvalue weighted by Gasteiger charge is -2.31. The van der Waals surface area contributed by atoms with Crippen LogP contribution in [0.4, 0.5) is 5.95 Å². The van der Waals surface area contributed by atoms with Gasteiger partial charge < -0.3 is 14.4 Å². The lowest BCUT2D eigenvalue weighted by molar-refractivity contribution is 0.212. The average molecular weight is 361 g/mol. The monoisotopic (exact) mass is 361 g/mol. The predicted octanol–water partition coefficient (Wildman–Crippen LogP) is 2.60. The summed E-state index contributed by atoms with van der Waals surface area (Å²) in [7, 11) is 1.62. The number of anilines is 1. The Hall–Kier alpha value is -2.09. The number of nitrogens with zero attached hydrogens (tertiary/aromatic N) is 5. The summed E-state index contributed by atoms with van der Waals surface area (Å²) in [5.41, 5.74) is 0.972. The Bertz CT molecular complexity index is 707. The van der Waals surface area contributed by atoms with E-state index in [1.165, 1.54) is 11.8 Å². The second kappa shape index (κ2) is 8.33. The van der Waals surface area contributed by atoms with Gasteiger partial charge >= 0.3 is 0 Å². The molecule has 2 aromatic rings. The Morgan fingerprint density at radius 1 is 1.24 bits per heavy atom. The number of aromatic nitrogens is 4. The molecule has 0 bridgehead atoms. The minimum absolute atomic E-state index is 0.508. The van der Waals surface area contributed by atoms with Gasteiger partial charge in [0.15, 0.2) is 5.16 Å². The van der Waals surface area contributed by atoms with E-state index in [9.17, 15) is 0 Å². The van der Waals surface area contributed by atoms with Crippen LogP contribution in [0.2, 0.25) is 0 Å². The van der Waals surface area contributed by atoms with Crippen molar-refractivity contribution in [2.75, 3.05) is 38.0 Å². The minimum Gasteiger partial charge on any atom is -0.481 e. The molecule has 0 atom stereocenters. The molecule has 0 radical (unpaired) electrons. The van der Waals surface area contributed by atoms with Crippen molar-refractivity contribution >= 4 is 17.7 Å². The van der Waals surface area contributed by atoms with Crippen molar-refractivity contribution in [3.63, 3.8) is 0 Å². The number of piperidine rings is 1. The zero-order valence-electron chi connectivity index (χ0n) is 14.8. The normalized spacial score (nSPS) is 15.2. The molecule has 8 heteroatoms. The third-order valence-electron chi connectivity index (χ3n) is 4.27. The summed E-state index contributed by atoms with van der Waals surface area (Å²) in [6.07, 6.45) is 7.60. The fourth-order valence-electron chi connectivity index (χ4n) is 2.75. The van der Waals surface area contributed by atoms with E-state index in [-0.39, 0.29) is 0 Å². The van der Waals surface area contributed by atoms with E-state index >= 15 is 0 Å². The summed E-state index contributed by atoms with van der Waals surface area (Å²) in [5, 5.41) is 0.741. The van der Waals surface area contributed by atoms with Gasteiger partial charge in [-0.1, -0.05) is 11.8 Å². The lowest BCUT2D eigenvalue weighted by Crippen LogP contribution is -2.36. The fourth-order valence-corrected chi connectivity index (χ4v) is 3.08. The first kappa shape index (κ1) is 17.7. The molecule has 3 heterocycles. The van der Waals surface area contributed by atoms with Gasteiger partial charge in [-0.15, -0.1) is 0 Å². The Morgan fingerprint density at radius 2 is 2.04 bits per heavy atom. The number of hydrogen-bond donors (Lipinski definition) is 0. The number of aryl methyl sites for hydroxylation is 1. The maximum Gasteiger partial charge on any atom is 0.228 e. The Kier molecular flexibility index (Phi) is 5.91. The van der Waals surface area contributed by atoms with Gasteiger partial charge in [0.2, 0.25) is 17.7 Å². The molecular weight excluding hydrogens is 338 g/mol. The van der Waals surface area contributed by atoms with Crippen LogP contribution in [0.25, 0.3) is 0 Å². The Morgan fingerprint density at radius 3 is 2.76 bits per heavy atom. The van der Waals surface area contributed by atoms with E-state index in [1.807, 2.05) is 19.4 Å². The van der Waals surface area contributed by atoms with Crippen molar-refractivity contribution in [3.05, 3.63) is 24.0 Å². The van der Waals surface area contributed by atoms with Crippen LogP contribution in [0, 0.1) is 12.8 Å². The molecule has 0 unspecified atom stereocenters. The number of rotatable bonds is 6. The van der Waals surface area contributed by atoms with Crippen LogP contribution >= 0.6 is 11.8 Å². The quantitative estimate of drug-likeness (QED) is 0.574. The van der Waals surface area contributed by atoms with E-state index in [4.69, 9.17) is 9.47 Å². The molecule has 0 aliphatic carbocycles. The molecule has 2 aromatic heterocycles. The van der Waals surface area contributed by atoms with Gasteiger partial charge in [-0.3, -0.25) is 0 Å². The zero-order chi connectivity index (χ0) is 17.6. The van der Waals surface area contributed by atoms with Crippen molar-refractivity contribution in [1.82, 2.24) is 19.9 Å². The highest BCUT2D eigenvalue weighted by Gasteiger charge is 2.22. The highest BCUT2D eigenvalue weighted by molar-refractivity contribution is 7.98. The summed E-state index contributed by atoms with van der Waals surface area (Å²) in [4.78, 5) is 19.6. The molecule has 134 valence electrons. The molecule has 0 amide bonds. The van der Waals surface area contributed by atoms with Crippen molar-refractivity contribution in [3.8, 4) is 11.8 Å². The molecule has 1 aliphatic rings. The van der Waals surface area contributed by atoms with Gasteiger partial charge in [-0.05, 0) is 31.9 Å². The molecule has 0 N–H and O–H groups in total. The van der Waals surface area contributed by atoms with Gasteiger partial charge in [-0.2, -0.15) is 9.97 Å². The summed E-state index contributed by atoms with van der Waals surface area (Å²) >= 11 is 1.52. The summed E-state index contributed by atoms with van der Waals surface area (Å²) < 4.78 is 11.1. The van der Waals surface area contributed by atoms with Crippen LogP contribution in [0.3, 0.4) is 0 Å². The Balaban J connectivity index is 1.52. The largest absolute Gasteiger partial charge is 0.481 e. The van der Waals surface area contributed by atoms with E-state index in [0.717, 1.165) is 42.6 Å². The van der Waals surface area contributed by atoms with E-state index < -0.39 is 0 Å². The third kappa shape index (κ3) is 4.50. The van der Waals surface area contributed by atoms with E-state index in [2.05, 4.69) is 24.8 Å². The van der Waals surface area contributed by atoms with Crippen LogP contribution in [0.1, 0.15) is 18.4 Å². The summed E-state index contributed by atoms with van der Waals surface area (Å²) in [6.45, 7) is 4.49. The molecular formula is C17H23N5O2S. The van der Waals surface area contributed by atoms with Gasteiger partial charge in [0, 0.05) is 37.1 Å². The summed E-state index contributed by atoms with van der Waals surface area (Å²) in [6, 6.07) is 1.76. The van der Waals surface area contributed by atoms with Gasteiger partial charge in [0.05, 0.1) is 13.7 Å². The smallest absolute Gasteiger partial charge is 0.228 e. The molecule has 1 aliphatic heterocycles. The number of ether oxygens (including phenoxy) is 2. The molecule has 1 saturated heterocycles. The standard InChI is InChI=1S/C17H23N5O2S/c1-12-10-19-17(25-3)21-15(12)24-11-13-5-8-22(9-6-13)16-18-7-4-14(20-16)23-2/h4,7,10,13H,5-6,8-9,11H2,1-3H3. The Labute approximate surface area is 152 Å². The van der Waals surface area contributed by atoms with Crippen LogP contribution in [0.5, 0.6) is 11.8 Å². The average Bonchev–Trinajstić information content (AvgIpc) is 2.68. The van der Waals surface area contributed by atoms with Gasteiger partial charge in [0.1, 0.15) is 0 Å². The first-order valence-electron chi connectivity index (χ1n) is 8.32. The number of thioether (sulfide) groups is 1. The maximum atomic E-state index is 5.96. The van der Waals surface area contributed by atoms with Crippen molar-refractivity contribution < 1.29 is 9.47 Å². The van der Waals surface area contributed by atoms with Crippen molar-refractivity contribution in [2.24, 2.45) is 5.92 Å². The van der Waals surface area contributed by atoms with Crippen LogP contribution in [-0.2, 0) is 0 Å². The van der Waals surface area contributed by atoms with Gasteiger partial charge in [-0.25, -0.2) is 9.97 Å². The highest BCUT2D eigenvalue weighted by Crippen LogP contribution is 2.24. The van der Waals surface area contributed by atoms with E-state index in [0.29, 0.717) is 24.3 Å². The van der Waals surface area contributed by atoms with Crippen molar-refractivity contribution in [2.45, 2.75) is 24.9 Å².